The molecule has 0 radical (unpaired) electrons. The molecule has 1 aromatic carbocycles. The van der Waals surface area contributed by atoms with Crippen molar-refractivity contribution in [3.8, 4) is 0 Å². The molecule has 29 heavy (non-hydrogen) atoms. The quantitative estimate of drug-likeness (QED) is 0.623. The minimum Gasteiger partial charge on any atom is -0.385 e. The Hall–Kier alpha value is -2.01. The van der Waals surface area contributed by atoms with Gasteiger partial charge in [0.05, 0.1) is 18.1 Å². The maximum Gasteiger partial charge on any atom is 0.243 e. The van der Waals surface area contributed by atoms with E-state index < -0.39 is 16.1 Å². The highest BCUT2D eigenvalue weighted by Crippen LogP contribution is 2.35. The standard InChI is InChI=1S/C19H27N3O6S/c1-14(23)22-17-5-4-16(29(25,26)21-7-10-28-11-8-21)12-15(17)13-18(22)19(24)20-6-3-9-27-2/h4-5,12,18H,3,6-11,13H2,1-2H3,(H,20,24). The summed E-state index contributed by atoms with van der Waals surface area (Å²) >= 11 is 0. The van der Waals surface area contributed by atoms with Gasteiger partial charge >= 0.3 is 0 Å². The van der Waals surface area contributed by atoms with Crippen molar-refractivity contribution >= 4 is 27.5 Å². The van der Waals surface area contributed by atoms with Crippen LogP contribution in [0.2, 0.25) is 0 Å². The molecule has 0 aromatic heterocycles. The molecule has 2 heterocycles. The van der Waals surface area contributed by atoms with Crippen LogP contribution in [0.25, 0.3) is 0 Å². The Morgan fingerprint density at radius 1 is 1.28 bits per heavy atom. The number of ether oxygens (including phenoxy) is 2. The molecule has 1 saturated heterocycles. The van der Waals surface area contributed by atoms with Gasteiger partial charge in [-0.05, 0) is 30.2 Å². The zero-order valence-electron chi connectivity index (χ0n) is 16.7. The van der Waals surface area contributed by atoms with E-state index in [1.807, 2.05) is 0 Å². The number of hydrogen-bond acceptors (Lipinski definition) is 6. The van der Waals surface area contributed by atoms with Crippen LogP contribution in [0.4, 0.5) is 5.69 Å². The van der Waals surface area contributed by atoms with E-state index in [9.17, 15) is 18.0 Å². The van der Waals surface area contributed by atoms with Gasteiger partial charge in [-0.2, -0.15) is 4.31 Å². The number of carbonyl (C=O) groups excluding carboxylic acids is 2. The Morgan fingerprint density at radius 2 is 2.00 bits per heavy atom. The average Bonchev–Trinajstić information content (AvgIpc) is 3.11. The van der Waals surface area contributed by atoms with Crippen molar-refractivity contribution in [3.63, 3.8) is 0 Å². The topological polar surface area (TPSA) is 105 Å². The first-order valence-electron chi connectivity index (χ1n) is 9.63. The molecule has 3 rings (SSSR count). The van der Waals surface area contributed by atoms with Gasteiger partial charge in [0.25, 0.3) is 0 Å². The lowest BCUT2D eigenvalue weighted by Gasteiger charge is -2.26. The summed E-state index contributed by atoms with van der Waals surface area (Å²) in [5, 5.41) is 2.82. The SMILES string of the molecule is COCCCNC(=O)C1Cc2cc(S(=O)(=O)N3CCOCC3)ccc2N1C(C)=O. The Labute approximate surface area is 171 Å². The number of fused-ring (bicyclic) bond motifs is 1. The fraction of sp³-hybridized carbons (Fsp3) is 0.579. The number of carbonyl (C=O) groups is 2. The molecule has 2 aliphatic heterocycles. The summed E-state index contributed by atoms with van der Waals surface area (Å²) in [5.74, 6) is -0.519. The maximum atomic E-state index is 12.9. The Kier molecular flexibility index (Phi) is 6.89. The number of benzene rings is 1. The summed E-state index contributed by atoms with van der Waals surface area (Å²) in [6, 6.07) is 4.00. The van der Waals surface area contributed by atoms with Crippen LogP contribution in [0.1, 0.15) is 18.9 Å². The number of hydrogen-bond donors (Lipinski definition) is 1. The lowest BCUT2D eigenvalue weighted by atomic mass is 10.1. The fourth-order valence-electron chi connectivity index (χ4n) is 3.67. The van der Waals surface area contributed by atoms with Crippen molar-refractivity contribution in [2.24, 2.45) is 0 Å². The third kappa shape index (κ3) is 4.61. The molecule has 1 unspecified atom stereocenters. The normalized spacial score (nSPS) is 19.8. The second kappa shape index (κ2) is 9.21. The number of rotatable bonds is 7. The summed E-state index contributed by atoms with van der Waals surface area (Å²) in [4.78, 5) is 26.5. The highest BCUT2D eigenvalue weighted by Gasteiger charge is 2.38. The van der Waals surface area contributed by atoms with Crippen LogP contribution in [0.5, 0.6) is 0 Å². The third-order valence-electron chi connectivity index (χ3n) is 5.11. The summed E-state index contributed by atoms with van der Waals surface area (Å²) in [5.41, 5.74) is 1.25. The van der Waals surface area contributed by atoms with Crippen LogP contribution in [-0.4, -0.2) is 77.1 Å². The van der Waals surface area contributed by atoms with Crippen LogP contribution < -0.4 is 10.2 Å². The summed E-state index contributed by atoms with van der Waals surface area (Å²) in [6.45, 7) is 3.74. The van der Waals surface area contributed by atoms with Gasteiger partial charge in [-0.15, -0.1) is 0 Å². The molecule has 1 aromatic rings. The third-order valence-corrected chi connectivity index (χ3v) is 7.00. The largest absolute Gasteiger partial charge is 0.385 e. The number of methoxy groups -OCH3 is 1. The Morgan fingerprint density at radius 3 is 2.66 bits per heavy atom. The number of anilines is 1. The van der Waals surface area contributed by atoms with Crippen molar-refractivity contribution in [2.75, 3.05) is 51.5 Å². The second-order valence-corrected chi connectivity index (χ2v) is 8.99. The number of amides is 2. The van der Waals surface area contributed by atoms with Gasteiger partial charge in [-0.25, -0.2) is 8.42 Å². The zero-order chi connectivity index (χ0) is 21.0. The molecule has 9 nitrogen and oxygen atoms in total. The molecule has 160 valence electrons. The van der Waals surface area contributed by atoms with E-state index in [2.05, 4.69) is 5.32 Å². The molecule has 0 spiro atoms. The van der Waals surface area contributed by atoms with E-state index >= 15 is 0 Å². The van der Waals surface area contributed by atoms with Crippen LogP contribution in [-0.2, 0) is 35.5 Å². The number of sulfonamides is 1. The van der Waals surface area contributed by atoms with E-state index in [4.69, 9.17) is 9.47 Å². The van der Waals surface area contributed by atoms with Gasteiger partial charge in [0.2, 0.25) is 21.8 Å². The minimum atomic E-state index is -3.64. The first kappa shape index (κ1) is 21.7. The Balaban J connectivity index is 1.81. The number of nitrogens with one attached hydrogen (secondary N) is 1. The van der Waals surface area contributed by atoms with E-state index in [1.54, 1.807) is 19.2 Å². The summed E-state index contributed by atoms with van der Waals surface area (Å²) in [6.07, 6.45) is 0.946. The maximum absolute atomic E-state index is 12.9. The second-order valence-electron chi connectivity index (χ2n) is 7.05. The molecule has 1 fully saturated rings. The average molecular weight is 426 g/mol. The number of morpholine rings is 1. The van der Waals surface area contributed by atoms with Gasteiger partial charge < -0.3 is 14.8 Å². The molecule has 1 atom stereocenters. The number of nitrogens with zero attached hydrogens (tertiary/aromatic N) is 2. The smallest absolute Gasteiger partial charge is 0.243 e. The van der Waals surface area contributed by atoms with Crippen LogP contribution in [0.3, 0.4) is 0 Å². The van der Waals surface area contributed by atoms with Crippen molar-refractivity contribution in [1.82, 2.24) is 9.62 Å². The highest BCUT2D eigenvalue weighted by molar-refractivity contribution is 7.89. The highest BCUT2D eigenvalue weighted by atomic mass is 32.2. The van der Waals surface area contributed by atoms with Gasteiger partial charge in [0, 0.05) is 52.4 Å². The van der Waals surface area contributed by atoms with Crippen molar-refractivity contribution in [2.45, 2.75) is 30.7 Å². The van der Waals surface area contributed by atoms with Crippen molar-refractivity contribution in [3.05, 3.63) is 23.8 Å². The molecule has 2 amide bonds. The van der Waals surface area contributed by atoms with Crippen molar-refractivity contribution < 1.29 is 27.5 Å². The van der Waals surface area contributed by atoms with E-state index in [0.29, 0.717) is 57.1 Å². The van der Waals surface area contributed by atoms with Crippen LogP contribution >= 0.6 is 0 Å². The van der Waals surface area contributed by atoms with Crippen LogP contribution in [0, 0.1) is 0 Å². The zero-order valence-corrected chi connectivity index (χ0v) is 17.5. The minimum absolute atomic E-state index is 0.169. The molecule has 0 saturated carbocycles. The molecule has 0 aliphatic carbocycles. The van der Waals surface area contributed by atoms with Crippen molar-refractivity contribution in [1.29, 1.82) is 0 Å². The Bertz CT molecular complexity index is 867. The van der Waals surface area contributed by atoms with Gasteiger partial charge in [0.15, 0.2) is 0 Å². The van der Waals surface area contributed by atoms with Gasteiger partial charge in [-0.1, -0.05) is 0 Å². The molecule has 2 aliphatic rings. The van der Waals surface area contributed by atoms with Crippen LogP contribution in [0.15, 0.2) is 23.1 Å². The lowest BCUT2D eigenvalue weighted by molar-refractivity contribution is -0.125. The predicted octanol–water partition coefficient (Wildman–Crippen LogP) is 0.138. The van der Waals surface area contributed by atoms with Gasteiger partial charge in [0.1, 0.15) is 6.04 Å². The lowest BCUT2D eigenvalue weighted by Crippen LogP contribution is -2.47. The first-order chi connectivity index (χ1) is 13.9. The molecular weight excluding hydrogens is 398 g/mol. The van der Waals surface area contributed by atoms with E-state index in [1.165, 1.54) is 22.2 Å². The van der Waals surface area contributed by atoms with E-state index in [-0.39, 0.29) is 23.1 Å². The first-order valence-corrected chi connectivity index (χ1v) is 11.1. The summed E-state index contributed by atoms with van der Waals surface area (Å²) in [7, 11) is -2.05. The molecular formula is C19H27N3O6S. The predicted molar refractivity (Wildman–Crippen MR) is 106 cm³/mol. The monoisotopic (exact) mass is 425 g/mol. The molecule has 1 N–H and O–H groups in total. The van der Waals surface area contributed by atoms with E-state index in [0.717, 1.165) is 0 Å². The summed E-state index contributed by atoms with van der Waals surface area (Å²) < 4.78 is 37.4. The van der Waals surface area contributed by atoms with Gasteiger partial charge in [-0.3, -0.25) is 14.5 Å². The fourth-order valence-corrected chi connectivity index (χ4v) is 5.13. The molecule has 10 heteroatoms. The molecule has 0 bridgehead atoms.